The molecule has 0 saturated heterocycles. The number of pyridine rings is 1. The molecular weight excluding hydrogens is 320 g/mol. The molecule has 0 aliphatic carbocycles. The van der Waals surface area contributed by atoms with Crippen LogP contribution in [0.3, 0.4) is 0 Å². The van der Waals surface area contributed by atoms with Gasteiger partial charge in [-0.25, -0.2) is 13.1 Å². The van der Waals surface area contributed by atoms with Crippen LogP contribution >= 0.6 is 11.3 Å². The van der Waals surface area contributed by atoms with E-state index < -0.39 is 16.1 Å². The normalized spacial score (nSPS) is 13.3. The quantitative estimate of drug-likeness (QED) is 0.750. The first kappa shape index (κ1) is 15.1. The Hall–Kier alpha value is -1.80. The summed E-state index contributed by atoms with van der Waals surface area (Å²) in [6.07, 6.45) is 0.686. The van der Waals surface area contributed by atoms with Crippen molar-refractivity contribution < 1.29 is 13.5 Å². The molecule has 7 heteroatoms. The Morgan fingerprint density at radius 1 is 1.23 bits per heavy atom. The topological polar surface area (TPSA) is 79.3 Å². The van der Waals surface area contributed by atoms with Crippen LogP contribution in [0.5, 0.6) is 0 Å². The highest BCUT2D eigenvalue weighted by Crippen LogP contribution is 2.21. The first-order valence-electron chi connectivity index (χ1n) is 6.61. The van der Waals surface area contributed by atoms with Gasteiger partial charge in [-0.05, 0) is 34.5 Å². The fourth-order valence-electron chi connectivity index (χ4n) is 2.14. The summed E-state index contributed by atoms with van der Waals surface area (Å²) in [6, 6.07) is 10.3. The molecule has 1 aromatic carbocycles. The molecule has 0 saturated carbocycles. The number of aromatic nitrogens is 1. The number of fused-ring (bicyclic) bond motifs is 1. The Kier molecular flexibility index (Phi) is 4.21. The molecule has 0 fully saturated rings. The maximum Gasteiger partial charge on any atom is 0.242 e. The zero-order valence-corrected chi connectivity index (χ0v) is 13.1. The molecule has 0 bridgehead atoms. The number of aliphatic hydroxyl groups is 1. The fourth-order valence-corrected chi connectivity index (χ4v) is 4.06. The highest BCUT2D eigenvalue weighted by atomic mass is 32.2. The number of aliphatic hydroxyl groups excluding tert-OH is 1. The number of para-hydroxylation sites is 1. The number of hydrogen-bond acceptors (Lipinski definition) is 5. The van der Waals surface area contributed by atoms with Gasteiger partial charge in [0.1, 0.15) is 4.90 Å². The first-order valence-corrected chi connectivity index (χ1v) is 9.04. The summed E-state index contributed by atoms with van der Waals surface area (Å²) in [5.74, 6) is 0. The van der Waals surface area contributed by atoms with E-state index >= 15 is 0 Å². The lowest BCUT2D eigenvalue weighted by Crippen LogP contribution is -2.28. The first-order chi connectivity index (χ1) is 10.6. The number of rotatable bonds is 5. The molecule has 3 aromatic rings. The summed E-state index contributed by atoms with van der Waals surface area (Å²) >= 11 is 1.45. The summed E-state index contributed by atoms with van der Waals surface area (Å²) in [5.41, 5.74) is 1.12. The SMILES string of the molecule is O=S(=O)(NCC(O)c1ccsc1)c1cccc2cccnc12. The van der Waals surface area contributed by atoms with Gasteiger partial charge < -0.3 is 5.11 Å². The van der Waals surface area contributed by atoms with E-state index in [9.17, 15) is 13.5 Å². The average molecular weight is 334 g/mol. The van der Waals surface area contributed by atoms with Gasteiger partial charge in [-0.2, -0.15) is 11.3 Å². The van der Waals surface area contributed by atoms with Crippen molar-refractivity contribution in [2.45, 2.75) is 11.0 Å². The zero-order valence-electron chi connectivity index (χ0n) is 11.5. The van der Waals surface area contributed by atoms with Gasteiger partial charge >= 0.3 is 0 Å². The molecule has 2 N–H and O–H groups in total. The number of thiophene rings is 1. The zero-order chi connectivity index (χ0) is 15.6. The van der Waals surface area contributed by atoms with Crippen molar-refractivity contribution >= 4 is 32.3 Å². The van der Waals surface area contributed by atoms with Crippen LogP contribution in [0.4, 0.5) is 0 Å². The fraction of sp³-hybridized carbons (Fsp3) is 0.133. The van der Waals surface area contributed by atoms with Gasteiger partial charge in [0.25, 0.3) is 0 Å². The number of nitrogens with one attached hydrogen (secondary N) is 1. The predicted octanol–water partition coefficient (Wildman–Crippen LogP) is 2.31. The summed E-state index contributed by atoms with van der Waals surface area (Å²) in [4.78, 5) is 4.26. The molecule has 22 heavy (non-hydrogen) atoms. The largest absolute Gasteiger partial charge is 0.387 e. The molecular formula is C15H14N2O3S2. The average Bonchev–Trinajstić information content (AvgIpc) is 3.06. The molecule has 2 aromatic heterocycles. The van der Waals surface area contributed by atoms with Gasteiger partial charge in [0.05, 0.1) is 11.6 Å². The number of sulfonamides is 1. The second-order valence-corrected chi connectivity index (χ2v) is 7.27. The van der Waals surface area contributed by atoms with Crippen LogP contribution in [-0.4, -0.2) is 25.1 Å². The minimum absolute atomic E-state index is 0.0811. The van der Waals surface area contributed by atoms with E-state index in [0.717, 1.165) is 5.39 Å². The van der Waals surface area contributed by atoms with Crippen LogP contribution in [0.25, 0.3) is 10.9 Å². The Balaban J connectivity index is 1.86. The lowest BCUT2D eigenvalue weighted by molar-refractivity contribution is 0.182. The number of benzene rings is 1. The molecule has 0 aliphatic rings. The van der Waals surface area contributed by atoms with Crippen LogP contribution in [0.2, 0.25) is 0 Å². The third-order valence-corrected chi connectivity index (χ3v) is 5.44. The van der Waals surface area contributed by atoms with Crippen LogP contribution in [0.15, 0.2) is 58.3 Å². The van der Waals surface area contributed by atoms with Crippen molar-refractivity contribution in [1.29, 1.82) is 0 Å². The van der Waals surface area contributed by atoms with Gasteiger partial charge in [0.2, 0.25) is 10.0 Å². The van der Waals surface area contributed by atoms with Crippen LogP contribution in [0, 0.1) is 0 Å². The van der Waals surface area contributed by atoms with Gasteiger partial charge in [-0.1, -0.05) is 18.2 Å². The lowest BCUT2D eigenvalue weighted by atomic mass is 10.2. The molecule has 0 spiro atoms. The Morgan fingerprint density at radius 2 is 2.05 bits per heavy atom. The summed E-state index contributed by atoms with van der Waals surface area (Å²) in [5, 5.41) is 14.4. The molecule has 2 heterocycles. The highest BCUT2D eigenvalue weighted by Gasteiger charge is 2.19. The van der Waals surface area contributed by atoms with Crippen LogP contribution in [-0.2, 0) is 10.0 Å². The minimum atomic E-state index is -3.74. The van der Waals surface area contributed by atoms with Gasteiger partial charge in [0.15, 0.2) is 0 Å². The molecule has 1 unspecified atom stereocenters. The molecule has 114 valence electrons. The number of hydrogen-bond donors (Lipinski definition) is 2. The van der Waals surface area contributed by atoms with Gasteiger partial charge in [-0.15, -0.1) is 0 Å². The van der Waals surface area contributed by atoms with E-state index in [1.807, 2.05) is 17.5 Å². The standard InChI is InChI=1S/C15H14N2O3S2/c18-13(12-6-8-21-10-12)9-17-22(19,20)14-5-1-3-11-4-2-7-16-15(11)14/h1-8,10,13,17-18H,9H2. The third-order valence-electron chi connectivity index (χ3n) is 3.28. The van der Waals surface area contributed by atoms with E-state index in [1.165, 1.54) is 17.4 Å². The van der Waals surface area contributed by atoms with Crippen molar-refractivity contribution in [2.24, 2.45) is 0 Å². The summed E-state index contributed by atoms with van der Waals surface area (Å²) in [6.45, 7) is -0.0811. The number of nitrogens with zero attached hydrogens (tertiary/aromatic N) is 1. The van der Waals surface area contributed by atoms with Gasteiger partial charge in [-0.3, -0.25) is 4.98 Å². The second-order valence-electron chi connectivity index (χ2n) is 4.76. The third kappa shape index (κ3) is 3.02. The Bertz CT molecular complexity index is 871. The van der Waals surface area contributed by atoms with Crippen molar-refractivity contribution in [3.63, 3.8) is 0 Å². The van der Waals surface area contributed by atoms with E-state index in [-0.39, 0.29) is 11.4 Å². The Morgan fingerprint density at radius 3 is 2.82 bits per heavy atom. The predicted molar refractivity (Wildman–Crippen MR) is 86.2 cm³/mol. The van der Waals surface area contributed by atoms with E-state index in [2.05, 4.69) is 9.71 Å². The maximum atomic E-state index is 12.5. The lowest BCUT2D eigenvalue weighted by Gasteiger charge is -2.12. The molecule has 0 aliphatic heterocycles. The second kappa shape index (κ2) is 6.13. The Labute approximate surface area is 132 Å². The van der Waals surface area contributed by atoms with E-state index in [4.69, 9.17) is 0 Å². The van der Waals surface area contributed by atoms with Crippen molar-refractivity contribution in [3.8, 4) is 0 Å². The molecule has 1 atom stereocenters. The van der Waals surface area contributed by atoms with Crippen molar-refractivity contribution in [2.75, 3.05) is 6.54 Å². The van der Waals surface area contributed by atoms with E-state index in [1.54, 1.807) is 29.8 Å². The highest BCUT2D eigenvalue weighted by molar-refractivity contribution is 7.89. The van der Waals surface area contributed by atoms with Crippen LogP contribution in [0.1, 0.15) is 11.7 Å². The minimum Gasteiger partial charge on any atom is -0.387 e. The molecule has 5 nitrogen and oxygen atoms in total. The van der Waals surface area contributed by atoms with E-state index in [0.29, 0.717) is 11.1 Å². The summed E-state index contributed by atoms with van der Waals surface area (Å²) < 4.78 is 27.4. The summed E-state index contributed by atoms with van der Waals surface area (Å²) in [7, 11) is -3.74. The van der Waals surface area contributed by atoms with Crippen molar-refractivity contribution in [3.05, 3.63) is 58.9 Å². The van der Waals surface area contributed by atoms with Crippen molar-refractivity contribution in [1.82, 2.24) is 9.71 Å². The maximum absolute atomic E-state index is 12.5. The van der Waals surface area contributed by atoms with Crippen LogP contribution < -0.4 is 4.72 Å². The smallest absolute Gasteiger partial charge is 0.242 e. The monoisotopic (exact) mass is 334 g/mol. The molecule has 0 amide bonds. The van der Waals surface area contributed by atoms with Gasteiger partial charge in [0, 0.05) is 18.1 Å². The molecule has 3 rings (SSSR count). The molecule has 0 radical (unpaired) electrons.